The highest BCUT2D eigenvalue weighted by molar-refractivity contribution is 5.98. The van der Waals surface area contributed by atoms with Crippen LogP contribution in [0.15, 0.2) is 36.4 Å². The van der Waals surface area contributed by atoms with Gasteiger partial charge in [-0.15, -0.1) is 0 Å². The van der Waals surface area contributed by atoms with Crippen LogP contribution in [0, 0.1) is 5.82 Å². The Hall–Kier alpha value is -1.94. The third-order valence-electron chi connectivity index (χ3n) is 5.56. The molecule has 0 aliphatic carbocycles. The van der Waals surface area contributed by atoms with Gasteiger partial charge in [-0.25, -0.2) is 4.39 Å². The lowest BCUT2D eigenvalue weighted by Gasteiger charge is -2.36. The van der Waals surface area contributed by atoms with Crippen LogP contribution in [0.1, 0.15) is 25.7 Å². The average Bonchev–Trinajstić information content (AvgIpc) is 3.13. The van der Waals surface area contributed by atoms with E-state index in [-0.39, 0.29) is 11.4 Å². The van der Waals surface area contributed by atoms with Crippen molar-refractivity contribution < 1.29 is 9.18 Å². The molecule has 120 valence electrons. The molecule has 2 saturated heterocycles. The minimum absolute atomic E-state index is 0.121. The third-order valence-corrected chi connectivity index (χ3v) is 5.56. The van der Waals surface area contributed by atoms with Crippen molar-refractivity contribution in [3.05, 3.63) is 42.2 Å². The summed E-state index contributed by atoms with van der Waals surface area (Å²) in [4.78, 5) is 16.1. The minimum atomic E-state index is -0.239. The third kappa shape index (κ3) is 2.32. The lowest BCUT2D eigenvalue weighted by atomic mass is 9.93. The molecule has 2 aliphatic rings. The largest absolute Gasteiger partial charge is 0.313 e. The number of hydrogen-bond donors (Lipinski definition) is 0. The fourth-order valence-electron chi connectivity index (χ4n) is 4.48. The van der Waals surface area contributed by atoms with Gasteiger partial charge in [-0.1, -0.05) is 24.3 Å². The molecular weight excluding hydrogens is 291 g/mol. The summed E-state index contributed by atoms with van der Waals surface area (Å²) in [5.41, 5.74) is 0.932. The molecule has 4 rings (SSSR count). The normalized spacial score (nSPS) is 19.9. The Bertz CT molecular complexity index is 735. The Morgan fingerprint density at radius 2 is 1.78 bits per heavy atom. The summed E-state index contributed by atoms with van der Waals surface area (Å²) >= 11 is 0. The summed E-state index contributed by atoms with van der Waals surface area (Å²) in [6, 6.07) is 10.6. The predicted molar refractivity (Wildman–Crippen MR) is 90.1 cm³/mol. The van der Waals surface area contributed by atoms with Gasteiger partial charge in [-0.3, -0.25) is 9.69 Å². The maximum absolute atomic E-state index is 14.0. The van der Waals surface area contributed by atoms with Gasteiger partial charge in [-0.2, -0.15) is 0 Å². The topological polar surface area (TPSA) is 23.6 Å². The Morgan fingerprint density at radius 3 is 2.48 bits per heavy atom. The summed E-state index contributed by atoms with van der Waals surface area (Å²) in [7, 11) is 0. The van der Waals surface area contributed by atoms with E-state index in [1.165, 1.54) is 18.9 Å². The highest BCUT2D eigenvalue weighted by Crippen LogP contribution is 2.40. The molecule has 0 atom stereocenters. The summed E-state index contributed by atoms with van der Waals surface area (Å²) in [5.74, 6) is -0.239. The van der Waals surface area contributed by atoms with E-state index >= 15 is 0 Å². The lowest BCUT2D eigenvalue weighted by molar-refractivity contribution is -0.107. The Labute approximate surface area is 135 Å². The van der Waals surface area contributed by atoms with Crippen LogP contribution in [0.2, 0.25) is 0 Å². The van der Waals surface area contributed by atoms with E-state index in [0.29, 0.717) is 11.9 Å². The number of carbonyl (C=O) groups is 1. The summed E-state index contributed by atoms with van der Waals surface area (Å²) < 4.78 is 14.0. The van der Waals surface area contributed by atoms with E-state index in [0.717, 1.165) is 43.4 Å². The van der Waals surface area contributed by atoms with Gasteiger partial charge in [0.05, 0.1) is 5.69 Å². The van der Waals surface area contributed by atoms with Crippen LogP contribution in [-0.4, -0.2) is 36.5 Å². The van der Waals surface area contributed by atoms with Gasteiger partial charge in [-0.05, 0) is 50.9 Å². The molecule has 0 radical (unpaired) electrons. The van der Waals surface area contributed by atoms with Crippen LogP contribution in [-0.2, 0) is 4.79 Å². The molecule has 2 heterocycles. The second kappa shape index (κ2) is 5.60. The maximum Gasteiger partial charge on any atom is 0.214 e. The number of rotatable bonds is 4. The van der Waals surface area contributed by atoms with Crippen LogP contribution in [0.3, 0.4) is 0 Å². The smallest absolute Gasteiger partial charge is 0.214 e. The Kier molecular flexibility index (Phi) is 3.57. The zero-order chi connectivity index (χ0) is 15.9. The Morgan fingerprint density at radius 1 is 1.09 bits per heavy atom. The summed E-state index contributed by atoms with van der Waals surface area (Å²) in [5, 5.41) is 1.38. The highest BCUT2D eigenvalue weighted by atomic mass is 19.1. The van der Waals surface area contributed by atoms with Gasteiger partial charge in [0.25, 0.3) is 0 Å². The molecule has 0 aromatic heterocycles. The fourth-order valence-corrected chi connectivity index (χ4v) is 4.48. The molecule has 23 heavy (non-hydrogen) atoms. The molecule has 0 spiro atoms. The fraction of sp³-hybridized carbons (Fsp3) is 0.421. The number of amides is 1. The number of carbonyl (C=O) groups excluding carboxylic acids is 1. The van der Waals surface area contributed by atoms with Gasteiger partial charge in [0.2, 0.25) is 6.41 Å². The number of anilines is 1. The maximum atomic E-state index is 14.0. The van der Waals surface area contributed by atoms with Gasteiger partial charge in [0.15, 0.2) is 0 Å². The second-order valence-electron chi connectivity index (χ2n) is 6.76. The van der Waals surface area contributed by atoms with Crippen LogP contribution < -0.4 is 4.90 Å². The van der Waals surface area contributed by atoms with Crippen molar-refractivity contribution >= 4 is 22.9 Å². The first-order valence-corrected chi connectivity index (χ1v) is 8.38. The van der Waals surface area contributed by atoms with Gasteiger partial charge >= 0.3 is 0 Å². The van der Waals surface area contributed by atoms with Crippen molar-refractivity contribution in [1.29, 1.82) is 0 Å². The molecule has 2 aromatic carbocycles. The summed E-state index contributed by atoms with van der Waals surface area (Å²) in [6.07, 6.45) is 5.61. The quantitative estimate of drug-likeness (QED) is 0.806. The van der Waals surface area contributed by atoms with Crippen molar-refractivity contribution in [2.75, 3.05) is 24.5 Å². The van der Waals surface area contributed by atoms with E-state index in [4.69, 9.17) is 0 Å². The molecule has 1 amide bonds. The number of nitrogens with zero attached hydrogens (tertiary/aromatic N) is 2. The van der Waals surface area contributed by atoms with Crippen LogP contribution in [0.4, 0.5) is 10.1 Å². The van der Waals surface area contributed by atoms with Gasteiger partial charge < -0.3 is 4.90 Å². The van der Waals surface area contributed by atoms with Crippen molar-refractivity contribution in [2.24, 2.45) is 0 Å². The SMILES string of the molecule is O=CN(CC12CCCN1CCC2)c1ccc(F)c2ccccc12. The second-order valence-corrected chi connectivity index (χ2v) is 6.76. The molecule has 0 saturated carbocycles. The lowest BCUT2D eigenvalue weighted by Crippen LogP contribution is -2.48. The molecule has 0 bridgehead atoms. The van der Waals surface area contributed by atoms with Crippen molar-refractivity contribution in [1.82, 2.24) is 4.90 Å². The molecule has 4 heteroatoms. The molecule has 0 unspecified atom stereocenters. The monoisotopic (exact) mass is 312 g/mol. The highest BCUT2D eigenvalue weighted by Gasteiger charge is 2.45. The van der Waals surface area contributed by atoms with Crippen LogP contribution in [0.25, 0.3) is 10.8 Å². The van der Waals surface area contributed by atoms with Gasteiger partial charge in [0, 0.05) is 22.9 Å². The first kappa shape index (κ1) is 14.6. The van der Waals surface area contributed by atoms with Crippen molar-refractivity contribution in [3.8, 4) is 0 Å². The number of fused-ring (bicyclic) bond motifs is 2. The first-order chi connectivity index (χ1) is 11.2. The molecule has 0 N–H and O–H groups in total. The summed E-state index contributed by atoms with van der Waals surface area (Å²) in [6.45, 7) is 2.97. The van der Waals surface area contributed by atoms with Crippen molar-refractivity contribution in [3.63, 3.8) is 0 Å². The van der Waals surface area contributed by atoms with E-state index in [9.17, 15) is 9.18 Å². The van der Waals surface area contributed by atoms with E-state index in [1.54, 1.807) is 17.0 Å². The molecule has 2 aromatic rings. The molecule has 3 nitrogen and oxygen atoms in total. The van der Waals surface area contributed by atoms with Crippen LogP contribution >= 0.6 is 0 Å². The Balaban J connectivity index is 1.73. The average molecular weight is 312 g/mol. The molecule has 2 fully saturated rings. The zero-order valence-corrected chi connectivity index (χ0v) is 13.2. The number of halogens is 1. The standard InChI is InChI=1S/C19H21FN2O/c20-17-7-8-18(16-6-2-1-5-15(16)17)21(14-23)13-19-9-3-11-22(19)12-4-10-19/h1-2,5-8,14H,3-4,9-13H2. The molecule has 2 aliphatic heterocycles. The van der Waals surface area contributed by atoms with E-state index < -0.39 is 0 Å². The zero-order valence-electron chi connectivity index (χ0n) is 13.2. The first-order valence-electron chi connectivity index (χ1n) is 8.38. The van der Waals surface area contributed by atoms with E-state index in [2.05, 4.69) is 4.90 Å². The number of hydrogen-bond acceptors (Lipinski definition) is 2. The predicted octanol–water partition coefficient (Wildman–Crippen LogP) is 3.57. The van der Waals surface area contributed by atoms with E-state index in [1.807, 2.05) is 18.2 Å². The molecular formula is C19H21FN2O. The van der Waals surface area contributed by atoms with Crippen LogP contribution in [0.5, 0.6) is 0 Å². The van der Waals surface area contributed by atoms with Crippen molar-refractivity contribution in [2.45, 2.75) is 31.2 Å². The number of benzene rings is 2. The minimum Gasteiger partial charge on any atom is -0.313 e. The van der Waals surface area contributed by atoms with Gasteiger partial charge in [0.1, 0.15) is 5.82 Å².